The van der Waals surface area contributed by atoms with Crippen LogP contribution in [0.1, 0.15) is 11.1 Å². The van der Waals surface area contributed by atoms with Gasteiger partial charge in [-0.2, -0.15) is 15.2 Å². The zero-order valence-electron chi connectivity index (χ0n) is 11.6. The van der Waals surface area contributed by atoms with Gasteiger partial charge >= 0.3 is 6.01 Å². The number of nitriles is 1. The van der Waals surface area contributed by atoms with Crippen LogP contribution in [0.15, 0.2) is 24.4 Å². The Hall–Kier alpha value is -2.44. The number of hydrogen-bond acceptors (Lipinski definition) is 4. The Morgan fingerprint density at radius 1 is 1.33 bits per heavy atom. The van der Waals surface area contributed by atoms with E-state index in [1.54, 1.807) is 6.20 Å². The van der Waals surface area contributed by atoms with Gasteiger partial charge in [-0.15, -0.1) is 9.24 Å². The van der Waals surface area contributed by atoms with Crippen LogP contribution >= 0.6 is 9.24 Å². The van der Waals surface area contributed by atoms with Gasteiger partial charge in [-0.1, -0.05) is 18.2 Å². The molecule has 2 heterocycles. The lowest BCUT2D eigenvalue weighted by atomic mass is 10.0. The Balaban J connectivity index is 2.39. The van der Waals surface area contributed by atoms with Crippen molar-refractivity contribution in [1.29, 1.82) is 5.26 Å². The minimum Gasteiger partial charge on any atom is -0.467 e. The highest BCUT2D eigenvalue weighted by molar-refractivity contribution is 7.27. The summed E-state index contributed by atoms with van der Waals surface area (Å²) < 4.78 is 5.16. The Labute approximate surface area is 124 Å². The third-order valence-electron chi connectivity index (χ3n) is 3.32. The van der Waals surface area contributed by atoms with Gasteiger partial charge in [0.15, 0.2) is 0 Å². The zero-order chi connectivity index (χ0) is 15.0. The molecule has 3 rings (SSSR count). The van der Waals surface area contributed by atoms with Crippen molar-refractivity contribution < 1.29 is 4.74 Å². The predicted molar refractivity (Wildman–Crippen MR) is 84.7 cm³/mol. The largest absolute Gasteiger partial charge is 0.467 e. The van der Waals surface area contributed by atoms with Gasteiger partial charge in [-0.25, -0.2) is 0 Å². The molecule has 0 saturated heterocycles. The third kappa shape index (κ3) is 2.24. The van der Waals surface area contributed by atoms with Crippen molar-refractivity contribution in [2.75, 3.05) is 7.11 Å². The van der Waals surface area contributed by atoms with Gasteiger partial charge in [0.1, 0.15) is 11.7 Å². The van der Waals surface area contributed by atoms with E-state index in [0.717, 1.165) is 21.8 Å². The summed E-state index contributed by atoms with van der Waals surface area (Å²) in [5.74, 6) is 0. The second-order valence-electron chi connectivity index (χ2n) is 4.67. The van der Waals surface area contributed by atoms with E-state index < -0.39 is 0 Å². The summed E-state index contributed by atoms with van der Waals surface area (Å²) in [6, 6.07) is 8.49. The number of ether oxygens (including phenoxy) is 1. The van der Waals surface area contributed by atoms with E-state index in [1.165, 1.54) is 7.11 Å². The Bertz CT molecular complexity index is 879. The van der Waals surface area contributed by atoms with Gasteiger partial charge in [0.2, 0.25) is 0 Å². The molecule has 0 aliphatic heterocycles. The average Bonchev–Trinajstić information content (AvgIpc) is 2.89. The number of rotatable bonds is 2. The van der Waals surface area contributed by atoms with Crippen LogP contribution in [0.2, 0.25) is 0 Å². The van der Waals surface area contributed by atoms with Crippen LogP contribution in [0.4, 0.5) is 0 Å². The molecule has 0 amide bonds. The van der Waals surface area contributed by atoms with Crippen LogP contribution in [0.5, 0.6) is 6.01 Å². The number of nitrogens with one attached hydrogen (secondary N) is 1. The summed E-state index contributed by atoms with van der Waals surface area (Å²) in [7, 11) is 4.20. The first-order valence-corrected chi connectivity index (χ1v) is 6.91. The molecule has 21 heavy (non-hydrogen) atoms. The van der Waals surface area contributed by atoms with E-state index in [-0.39, 0.29) is 6.01 Å². The van der Waals surface area contributed by atoms with Gasteiger partial charge in [-0.3, -0.25) is 0 Å². The molecule has 2 aromatic heterocycles. The lowest BCUT2D eigenvalue weighted by molar-refractivity contribution is 0.382. The molecule has 0 aliphatic rings. The van der Waals surface area contributed by atoms with Crippen LogP contribution < -0.4 is 10.0 Å². The molecule has 0 radical (unpaired) electrons. The molecular weight excluding hydrogens is 283 g/mol. The maximum atomic E-state index is 9.28. The molecule has 5 nitrogen and oxygen atoms in total. The molecule has 1 N–H and O–H groups in total. The number of methoxy groups -OCH3 is 1. The first-order valence-electron chi connectivity index (χ1n) is 6.33. The van der Waals surface area contributed by atoms with Crippen LogP contribution in [0.3, 0.4) is 0 Å². The molecule has 0 bridgehead atoms. The quantitative estimate of drug-likeness (QED) is 0.736. The summed E-state index contributed by atoms with van der Waals surface area (Å²) in [4.78, 5) is 11.7. The Morgan fingerprint density at radius 2 is 2.14 bits per heavy atom. The van der Waals surface area contributed by atoms with Gasteiger partial charge in [0, 0.05) is 11.8 Å². The highest BCUT2D eigenvalue weighted by atomic mass is 31.0. The molecule has 0 aliphatic carbocycles. The second kappa shape index (κ2) is 5.16. The van der Waals surface area contributed by atoms with E-state index in [4.69, 9.17) is 4.74 Å². The minimum atomic E-state index is 0.276. The van der Waals surface area contributed by atoms with Crippen molar-refractivity contribution in [2.45, 2.75) is 6.92 Å². The fraction of sp³-hybridized carbons (Fsp3) is 0.133. The molecule has 0 saturated carbocycles. The van der Waals surface area contributed by atoms with Crippen molar-refractivity contribution in [3.8, 4) is 23.3 Å². The third-order valence-corrected chi connectivity index (χ3v) is 3.68. The molecule has 3 aromatic rings. The number of hydrogen-bond donors (Lipinski definition) is 1. The van der Waals surface area contributed by atoms with Crippen molar-refractivity contribution >= 4 is 25.6 Å². The van der Waals surface area contributed by atoms with Crippen LogP contribution in [-0.2, 0) is 0 Å². The van der Waals surface area contributed by atoms with E-state index in [2.05, 4.69) is 36.3 Å². The fourth-order valence-electron chi connectivity index (χ4n) is 2.34. The summed E-state index contributed by atoms with van der Waals surface area (Å²) in [6.07, 6.45) is 1.64. The molecular formula is C15H13N4OP. The minimum absolute atomic E-state index is 0.276. The number of fused-ring (bicyclic) bond motifs is 1. The number of aryl methyl sites for hydroxylation is 1. The van der Waals surface area contributed by atoms with Gasteiger partial charge in [0.25, 0.3) is 0 Å². The van der Waals surface area contributed by atoms with Crippen LogP contribution in [0, 0.1) is 18.3 Å². The molecule has 6 heteroatoms. The maximum absolute atomic E-state index is 9.28. The summed E-state index contributed by atoms with van der Waals surface area (Å²) in [5.41, 5.74) is 3.87. The number of H-pyrrole nitrogens is 1. The van der Waals surface area contributed by atoms with E-state index >= 15 is 0 Å². The predicted octanol–water partition coefficient (Wildman–Crippen LogP) is 2.31. The number of benzene rings is 1. The standard InChI is InChI=1S/C15H13N4OP/c1-8-5-10(21)3-4-11(8)13-12-9(6-16)7-17-14(12)19-15(18-13)20-2/h3-5,7H,21H2,1-2H3,(H,17,18,19). The van der Waals surface area contributed by atoms with E-state index in [0.29, 0.717) is 16.9 Å². The van der Waals surface area contributed by atoms with Gasteiger partial charge in [-0.05, 0) is 17.8 Å². The summed E-state index contributed by atoms with van der Waals surface area (Å²) >= 11 is 0. The molecule has 1 aromatic carbocycles. The SMILES string of the molecule is COc1nc(-c2ccc(P)cc2C)c2c(C#N)c[nH]c2n1. The number of nitrogens with zero attached hydrogens (tertiary/aromatic N) is 3. The van der Waals surface area contributed by atoms with Crippen molar-refractivity contribution in [1.82, 2.24) is 15.0 Å². The molecule has 1 atom stereocenters. The summed E-state index contributed by atoms with van der Waals surface area (Å²) in [5, 5.41) is 11.1. The molecule has 0 fully saturated rings. The smallest absolute Gasteiger partial charge is 0.318 e. The normalized spacial score (nSPS) is 10.6. The van der Waals surface area contributed by atoms with Gasteiger partial charge in [0.05, 0.1) is 23.8 Å². The monoisotopic (exact) mass is 296 g/mol. The zero-order valence-corrected chi connectivity index (χ0v) is 12.8. The highest BCUT2D eigenvalue weighted by Gasteiger charge is 2.16. The maximum Gasteiger partial charge on any atom is 0.318 e. The Morgan fingerprint density at radius 3 is 2.81 bits per heavy atom. The van der Waals surface area contributed by atoms with Crippen LogP contribution in [0.25, 0.3) is 22.3 Å². The topological polar surface area (TPSA) is 74.6 Å². The summed E-state index contributed by atoms with van der Waals surface area (Å²) in [6.45, 7) is 2.02. The first-order chi connectivity index (χ1) is 10.1. The second-order valence-corrected chi connectivity index (χ2v) is 5.34. The Kier molecular flexibility index (Phi) is 3.32. The van der Waals surface area contributed by atoms with Crippen molar-refractivity contribution in [3.63, 3.8) is 0 Å². The van der Waals surface area contributed by atoms with Crippen molar-refractivity contribution in [2.24, 2.45) is 0 Å². The van der Waals surface area contributed by atoms with Crippen LogP contribution in [-0.4, -0.2) is 22.1 Å². The van der Waals surface area contributed by atoms with E-state index in [9.17, 15) is 5.26 Å². The molecule has 0 spiro atoms. The fourth-order valence-corrected chi connectivity index (χ4v) is 2.69. The van der Waals surface area contributed by atoms with Crippen molar-refractivity contribution in [3.05, 3.63) is 35.5 Å². The number of aromatic nitrogens is 3. The highest BCUT2D eigenvalue weighted by Crippen LogP contribution is 2.31. The first kappa shape index (κ1) is 13.5. The average molecular weight is 296 g/mol. The molecule has 1 unspecified atom stereocenters. The number of aromatic amines is 1. The lowest BCUT2D eigenvalue weighted by Gasteiger charge is -2.09. The molecule has 104 valence electrons. The lowest BCUT2D eigenvalue weighted by Crippen LogP contribution is -1.99. The van der Waals surface area contributed by atoms with Gasteiger partial charge < -0.3 is 9.72 Å². The van der Waals surface area contributed by atoms with E-state index in [1.807, 2.05) is 19.1 Å².